The first-order valence-electron chi connectivity index (χ1n) is 7.42. The van der Waals surface area contributed by atoms with Crippen LogP contribution in [0.15, 0.2) is 24.3 Å². The van der Waals surface area contributed by atoms with Crippen LogP contribution in [0.4, 0.5) is 19.3 Å². The van der Waals surface area contributed by atoms with E-state index in [0.29, 0.717) is 18.0 Å². The second kappa shape index (κ2) is 8.67. The molecule has 130 valence electrons. The van der Waals surface area contributed by atoms with Crippen LogP contribution in [-0.4, -0.2) is 37.3 Å². The van der Waals surface area contributed by atoms with E-state index >= 15 is 0 Å². The summed E-state index contributed by atoms with van der Waals surface area (Å²) in [7, 11) is 0. The summed E-state index contributed by atoms with van der Waals surface area (Å²) in [6.45, 7) is 7.29. The number of hydrogen-bond acceptors (Lipinski definition) is 4. The molecular weight excluding hydrogens is 306 g/mol. The number of halogens is 2. The molecule has 1 unspecified atom stereocenters. The number of hydrogen-bond donors (Lipinski definition) is 2. The maximum absolute atomic E-state index is 12.3. The summed E-state index contributed by atoms with van der Waals surface area (Å²) in [4.78, 5) is 11.7. The SMILES string of the molecule is CC(NCCOc1cccc(NC(=O)OC(C)(C)C)c1)C(F)F. The highest BCUT2D eigenvalue weighted by Crippen LogP contribution is 2.18. The highest BCUT2D eigenvalue weighted by atomic mass is 19.3. The molecule has 1 atom stereocenters. The summed E-state index contributed by atoms with van der Waals surface area (Å²) < 4.78 is 35.2. The van der Waals surface area contributed by atoms with Crippen molar-refractivity contribution in [2.45, 2.75) is 45.8 Å². The van der Waals surface area contributed by atoms with Gasteiger partial charge in [0.1, 0.15) is 18.0 Å². The minimum Gasteiger partial charge on any atom is -0.492 e. The molecule has 7 heteroatoms. The van der Waals surface area contributed by atoms with Crippen LogP contribution in [0, 0.1) is 0 Å². The molecule has 2 N–H and O–H groups in total. The zero-order chi connectivity index (χ0) is 17.5. The minimum atomic E-state index is -2.41. The molecular formula is C16H24F2N2O3. The molecule has 0 radical (unpaired) electrons. The lowest BCUT2D eigenvalue weighted by molar-refractivity contribution is 0.0636. The van der Waals surface area contributed by atoms with E-state index in [-0.39, 0.29) is 6.61 Å². The van der Waals surface area contributed by atoms with E-state index in [2.05, 4.69) is 10.6 Å². The number of ether oxygens (including phenoxy) is 2. The van der Waals surface area contributed by atoms with Crippen molar-refractivity contribution in [2.75, 3.05) is 18.5 Å². The quantitative estimate of drug-likeness (QED) is 0.749. The number of alkyl halides is 2. The molecule has 1 aromatic carbocycles. The molecule has 0 fully saturated rings. The van der Waals surface area contributed by atoms with Gasteiger partial charge in [-0.05, 0) is 39.8 Å². The largest absolute Gasteiger partial charge is 0.492 e. The van der Waals surface area contributed by atoms with E-state index in [0.717, 1.165) is 0 Å². The van der Waals surface area contributed by atoms with E-state index in [1.165, 1.54) is 6.92 Å². The normalized spacial score (nSPS) is 12.8. The van der Waals surface area contributed by atoms with Crippen LogP contribution in [0.25, 0.3) is 0 Å². The molecule has 0 saturated carbocycles. The molecule has 0 aliphatic heterocycles. The molecule has 0 aromatic heterocycles. The Bertz CT molecular complexity index is 504. The minimum absolute atomic E-state index is 0.243. The van der Waals surface area contributed by atoms with E-state index in [9.17, 15) is 13.6 Å². The predicted molar refractivity (Wildman–Crippen MR) is 85.3 cm³/mol. The third kappa shape index (κ3) is 8.35. The van der Waals surface area contributed by atoms with Gasteiger partial charge in [-0.25, -0.2) is 13.6 Å². The first-order chi connectivity index (χ1) is 10.7. The second-order valence-electron chi connectivity index (χ2n) is 6.08. The lowest BCUT2D eigenvalue weighted by atomic mass is 10.2. The zero-order valence-electron chi connectivity index (χ0n) is 13.9. The number of rotatable bonds is 7. The Hall–Kier alpha value is -1.89. The van der Waals surface area contributed by atoms with Crippen LogP contribution in [-0.2, 0) is 4.74 Å². The van der Waals surface area contributed by atoms with E-state index in [1.54, 1.807) is 45.0 Å². The van der Waals surface area contributed by atoms with Crippen molar-refractivity contribution < 1.29 is 23.0 Å². The van der Waals surface area contributed by atoms with Gasteiger partial charge in [0, 0.05) is 18.3 Å². The van der Waals surface area contributed by atoms with Gasteiger partial charge >= 0.3 is 6.09 Å². The maximum Gasteiger partial charge on any atom is 0.412 e. The van der Waals surface area contributed by atoms with Gasteiger partial charge in [0.25, 0.3) is 6.43 Å². The summed E-state index contributed by atoms with van der Waals surface area (Å²) in [6, 6.07) is 5.90. The Balaban J connectivity index is 2.43. The number of carbonyl (C=O) groups excluding carboxylic acids is 1. The first-order valence-corrected chi connectivity index (χ1v) is 7.42. The van der Waals surface area contributed by atoms with Crippen molar-refractivity contribution in [3.63, 3.8) is 0 Å². The third-order valence-electron chi connectivity index (χ3n) is 2.69. The number of nitrogens with one attached hydrogen (secondary N) is 2. The molecule has 1 aromatic rings. The molecule has 0 saturated heterocycles. The van der Waals surface area contributed by atoms with Gasteiger partial charge in [0.05, 0.1) is 6.04 Å². The van der Waals surface area contributed by atoms with Crippen LogP contribution in [0.5, 0.6) is 5.75 Å². The Kier molecular flexibility index (Phi) is 7.22. The Morgan fingerprint density at radius 3 is 2.61 bits per heavy atom. The number of carbonyl (C=O) groups is 1. The van der Waals surface area contributed by atoms with E-state index in [4.69, 9.17) is 9.47 Å². The first kappa shape index (κ1) is 19.2. The maximum atomic E-state index is 12.3. The van der Waals surface area contributed by atoms with Gasteiger partial charge in [-0.3, -0.25) is 5.32 Å². The Morgan fingerprint density at radius 1 is 1.30 bits per heavy atom. The predicted octanol–water partition coefficient (Wildman–Crippen LogP) is 3.66. The fourth-order valence-corrected chi connectivity index (χ4v) is 1.63. The smallest absolute Gasteiger partial charge is 0.412 e. The second-order valence-corrected chi connectivity index (χ2v) is 6.08. The molecule has 1 rings (SSSR count). The van der Waals surface area contributed by atoms with Gasteiger partial charge in [0.2, 0.25) is 0 Å². The fourth-order valence-electron chi connectivity index (χ4n) is 1.63. The van der Waals surface area contributed by atoms with Gasteiger partial charge in [-0.1, -0.05) is 6.07 Å². The topological polar surface area (TPSA) is 59.6 Å². The molecule has 5 nitrogen and oxygen atoms in total. The molecule has 0 heterocycles. The third-order valence-corrected chi connectivity index (χ3v) is 2.69. The average molecular weight is 330 g/mol. The summed E-state index contributed by atoms with van der Waals surface area (Å²) in [5.41, 5.74) is -0.0451. The Morgan fingerprint density at radius 2 is 2.00 bits per heavy atom. The van der Waals surface area contributed by atoms with Crippen LogP contribution in [0.2, 0.25) is 0 Å². The molecule has 1 amide bonds. The summed E-state index contributed by atoms with van der Waals surface area (Å²) in [5, 5.41) is 5.27. The van der Waals surface area contributed by atoms with Gasteiger partial charge < -0.3 is 14.8 Å². The van der Waals surface area contributed by atoms with Gasteiger partial charge in [-0.15, -0.1) is 0 Å². The van der Waals surface area contributed by atoms with Crippen molar-refractivity contribution in [1.82, 2.24) is 5.32 Å². The van der Waals surface area contributed by atoms with E-state index < -0.39 is 24.2 Å². The van der Waals surface area contributed by atoms with E-state index in [1.807, 2.05) is 0 Å². The van der Waals surface area contributed by atoms with Gasteiger partial charge in [0.15, 0.2) is 0 Å². The fraction of sp³-hybridized carbons (Fsp3) is 0.562. The van der Waals surface area contributed by atoms with Crippen LogP contribution < -0.4 is 15.4 Å². The lowest BCUT2D eigenvalue weighted by Crippen LogP contribution is -2.35. The number of benzene rings is 1. The highest BCUT2D eigenvalue weighted by Gasteiger charge is 2.16. The van der Waals surface area contributed by atoms with Crippen LogP contribution >= 0.6 is 0 Å². The molecule has 0 aliphatic rings. The van der Waals surface area contributed by atoms with Crippen LogP contribution in [0.3, 0.4) is 0 Å². The van der Waals surface area contributed by atoms with Crippen molar-refractivity contribution in [3.8, 4) is 5.75 Å². The zero-order valence-corrected chi connectivity index (χ0v) is 13.9. The Labute approximate surface area is 135 Å². The lowest BCUT2D eigenvalue weighted by Gasteiger charge is -2.19. The average Bonchev–Trinajstić information content (AvgIpc) is 2.41. The van der Waals surface area contributed by atoms with Crippen molar-refractivity contribution in [3.05, 3.63) is 24.3 Å². The van der Waals surface area contributed by atoms with Crippen molar-refractivity contribution >= 4 is 11.8 Å². The molecule has 23 heavy (non-hydrogen) atoms. The summed E-state index contributed by atoms with van der Waals surface area (Å²) >= 11 is 0. The number of anilines is 1. The monoisotopic (exact) mass is 330 g/mol. The molecule has 0 bridgehead atoms. The van der Waals surface area contributed by atoms with Crippen molar-refractivity contribution in [2.24, 2.45) is 0 Å². The standard InChI is InChI=1S/C16H24F2N2O3/c1-11(14(17)18)19-8-9-22-13-7-5-6-12(10-13)20-15(21)23-16(2,3)4/h5-7,10-11,14,19H,8-9H2,1-4H3,(H,20,21). The van der Waals surface area contributed by atoms with Crippen molar-refractivity contribution in [1.29, 1.82) is 0 Å². The molecule has 0 spiro atoms. The number of amides is 1. The van der Waals surface area contributed by atoms with Gasteiger partial charge in [-0.2, -0.15) is 0 Å². The molecule has 0 aliphatic carbocycles. The summed E-state index contributed by atoms with van der Waals surface area (Å²) in [5.74, 6) is 0.532. The summed E-state index contributed by atoms with van der Waals surface area (Å²) in [6.07, 6.45) is -2.96. The van der Waals surface area contributed by atoms with Crippen LogP contribution in [0.1, 0.15) is 27.7 Å². The highest BCUT2D eigenvalue weighted by molar-refractivity contribution is 5.85.